The van der Waals surface area contributed by atoms with Crippen molar-refractivity contribution in [3.8, 4) is 12.1 Å². The monoisotopic (exact) mass is 1150 g/mol. The topological polar surface area (TPSA) is 137 Å². The number of benzene rings is 6. The van der Waals surface area contributed by atoms with Crippen LogP contribution in [0.2, 0.25) is 20.1 Å². The first-order chi connectivity index (χ1) is 35.1. The lowest BCUT2D eigenvalue weighted by Gasteiger charge is -2.43. The molecular weight excluding hydrogens is 1100 g/mol. The van der Waals surface area contributed by atoms with Gasteiger partial charge in [-0.25, -0.2) is 0 Å². The van der Waals surface area contributed by atoms with E-state index in [-0.39, 0.29) is 74.2 Å². The van der Waals surface area contributed by atoms with Gasteiger partial charge in [0, 0.05) is 39.3 Å². The summed E-state index contributed by atoms with van der Waals surface area (Å²) in [5.74, 6) is 0.0610. The summed E-state index contributed by atoms with van der Waals surface area (Å²) in [5.41, 5.74) is 7.15. The lowest BCUT2D eigenvalue weighted by molar-refractivity contribution is -0.136. The summed E-state index contributed by atoms with van der Waals surface area (Å²) in [7, 11) is 0. The van der Waals surface area contributed by atoms with Gasteiger partial charge in [-0.1, -0.05) is 143 Å². The standard InChI is InChI=1S/2C28H28Cl2N4O2.3ClH/c2*29-24-11-10-22(16-25(24)30)20-36-15-12-28(35)34-14-13-33(26-9-5-4-8-23(26)17-31)19-27(34)32-18-21-6-2-1-3-7-21;;;/h2*1-11,16,27,32H,12-15,18-20H2;3*1H. The molecule has 75 heavy (non-hydrogen) atoms. The van der Waals surface area contributed by atoms with Gasteiger partial charge >= 0.3 is 0 Å². The molecular formula is C56H59Cl7N8O4. The Labute approximate surface area is 478 Å². The number of nitrogens with zero attached hydrogens (tertiary/aromatic N) is 6. The van der Waals surface area contributed by atoms with Crippen LogP contribution in [-0.4, -0.2) is 86.4 Å². The van der Waals surface area contributed by atoms with E-state index in [0.717, 1.165) is 33.6 Å². The third kappa shape index (κ3) is 18.5. The van der Waals surface area contributed by atoms with Crippen LogP contribution in [0.3, 0.4) is 0 Å². The fourth-order valence-corrected chi connectivity index (χ4v) is 9.19. The molecule has 2 aliphatic heterocycles. The van der Waals surface area contributed by atoms with Gasteiger partial charge in [0.1, 0.15) is 24.5 Å². The predicted octanol–water partition coefficient (Wildman–Crippen LogP) is 11.7. The number of hydrogen-bond acceptors (Lipinski definition) is 10. The number of carbonyl (C=O) groups excluding carboxylic acids is 2. The number of ether oxygens (including phenoxy) is 2. The summed E-state index contributed by atoms with van der Waals surface area (Å²) in [5, 5.41) is 28.2. The first-order valence-corrected chi connectivity index (χ1v) is 25.3. The van der Waals surface area contributed by atoms with Crippen molar-refractivity contribution in [2.75, 3.05) is 62.3 Å². The van der Waals surface area contributed by atoms with E-state index in [1.165, 1.54) is 0 Å². The van der Waals surface area contributed by atoms with Crippen LogP contribution in [0.5, 0.6) is 0 Å². The number of nitriles is 2. The smallest absolute Gasteiger partial charge is 0.226 e. The van der Waals surface area contributed by atoms with Crippen molar-refractivity contribution in [1.29, 1.82) is 10.5 Å². The highest BCUT2D eigenvalue weighted by atomic mass is 35.5. The molecule has 6 aromatic carbocycles. The molecule has 2 unspecified atom stereocenters. The third-order valence-corrected chi connectivity index (χ3v) is 13.8. The molecule has 2 fully saturated rings. The normalized spacial score (nSPS) is 14.9. The van der Waals surface area contributed by atoms with E-state index >= 15 is 0 Å². The lowest BCUT2D eigenvalue weighted by atomic mass is 10.1. The zero-order valence-electron chi connectivity index (χ0n) is 41.0. The van der Waals surface area contributed by atoms with Crippen molar-refractivity contribution in [1.82, 2.24) is 20.4 Å². The van der Waals surface area contributed by atoms with E-state index < -0.39 is 0 Å². The maximum Gasteiger partial charge on any atom is 0.226 e. The molecule has 2 atom stereocenters. The van der Waals surface area contributed by atoms with E-state index in [4.69, 9.17) is 55.9 Å². The van der Waals surface area contributed by atoms with Gasteiger partial charge in [0.2, 0.25) is 11.8 Å². The van der Waals surface area contributed by atoms with Gasteiger partial charge < -0.3 is 29.1 Å². The number of carbonyl (C=O) groups is 2. The maximum absolute atomic E-state index is 13.2. The Balaban J connectivity index is 0.000000312. The molecule has 12 nitrogen and oxygen atoms in total. The number of rotatable bonds is 18. The van der Waals surface area contributed by atoms with Gasteiger partial charge in [0.25, 0.3) is 0 Å². The van der Waals surface area contributed by atoms with Crippen LogP contribution >= 0.6 is 83.6 Å². The predicted molar refractivity (Wildman–Crippen MR) is 308 cm³/mol. The van der Waals surface area contributed by atoms with Crippen molar-refractivity contribution in [3.63, 3.8) is 0 Å². The first-order valence-electron chi connectivity index (χ1n) is 23.7. The highest BCUT2D eigenvalue weighted by Gasteiger charge is 2.32. The maximum atomic E-state index is 13.2. The summed E-state index contributed by atoms with van der Waals surface area (Å²) < 4.78 is 11.5. The number of para-hydroxylation sites is 2. The van der Waals surface area contributed by atoms with E-state index in [1.54, 1.807) is 24.3 Å². The van der Waals surface area contributed by atoms with Crippen LogP contribution in [0, 0.1) is 22.7 Å². The van der Waals surface area contributed by atoms with Gasteiger partial charge in [-0.2, -0.15) is 10.5 Å². The molecule has 0 aromatic heterocycles. The van der Waals surface area contributed by atoms with Crippen molar-refractivity contribution in [2.24, 2.45) is 0 Å². The fourth-order valence-electron chi connectivity index (χ4n) is 8.55. The van der Waals surface area contributed by atoms with Gasteiger partial charge in [0.05, 0.1) is 95.0 Å². The zero-order chi connectivity index (χ0) is 50.7. The van der Waals surface area contributed by atoms with Gasteiger partial charge in [-0.15, -0.1) is 37.2 Å². The van der Waals surface area contributed by atoms with Crippen LogP contribution in [0.25, 0.3) is 0 Å². The average Bonchev–Trinajstić information content (AvgIpc) is 3.42. The summed E-state index contributed by atoms with van der Waals surface area (Å²) in [6.45, 7) is 6.18. The summed E-state index contributed by atoms with van der Waals surface area (Å²) in [6, 6.07) is 50.7. The quantitative estimate of drug-likeness (QED) is 0.0800. The Bertz CT molecular complexity index is 2630. The molecule has 2 amide bonds. The van der Waals surface area contributed by atoms with Crippen molar-refractivity contribution in [2.45, 2.75) is 51.5 Å². The molecule has 0 saturated carbocycles. The fraction of sp³-hybridized carbons (Fsp3) is 0.286. The SMILES string of the molecule is Cl.Cl.Cl.N#Cc1ccccc1N1CCN(C(=O)CCOCc2ccc(Cl)c(Cl)c2)C(NCc2ccccc2)C1.N#Cc1ccccc1N1CCN(C(=O)CCOCc2ccc(Cl)c(Cl)c2)C(NCc2ccccc2)C1. The van der Waals surface area contributed by atoms with Gasteiger partial charge in [0.15, 0.2) is 0 Å². The lowest BCUT2D eigenvalue weighted by Crippen LogP contribution is -2.61. The molecule has 0 spiro atoms. The molecule has 19 heteroatoms. The molecule has 2 heterocycles. The summed E-state index contributed by atoms with van der Waals surface area (Å²) in [4.78, 5) is 34.5. The number of hydrogen-bond donors (Lipinski definition) is 2. The largest absolute Gasteiger partial charge is 0.376 e. The Kier molecular flexibility index (Phi) is 26.8. The molecule has 0 aliphatic carbocycles. The highest BCUT2D eigenvalue weighted by molar-refractivity contribution is 6.42. The van der Waals surface area contributed by atoms with Crippen LogP contribution in [0.15, 0.2) is 146 Å². The minimum atomic E-state index is -0.201. The molecule has 396 valence electrons. The van der Waals surface area contributed by atoms with Crippen molar-refractivity contribution < 1.29 is 19.1 Å². The minimum Gasteiger partial charge on any atom is -0.376 e. The van der Waals surface area contributed by atoms with Crippen LogP contribution in [0.1, 0.15) is 46.2 Å². The average molecular weight is 1160 g/mol. The van der Waals surface area contributed by atoms with Crippen LogP contribution < -0.4 is 20.4 Å². The second-order valence-corrected chi connectivity index (χ2v) is 18.8. The number of anilines is 2. The summed E-state index contributed by atoms with van der Waals surface area (Å²) in [6.07, 6.45) is 0.153. The Morgan fingerprint density at radius 2 is 0.867 bits per heavy atom. The van der Waals surface area contributed by atoms with Crippen molar-refractivity contribution in [3.05, 3.63) is 199 Å². The Morgan fingerprint density at radius 1 is 0.493 bits per heavy atom. The van der Waals surface area contributed by atoms with Crippen LogP contribution in [0.4, 0.5) is 11.4 Å². The molecule has 2 aliphatic rings. The Morgan fingerprint density at radius 3 is 1.24 bits per heavy atom. The third-order valence-electron chi connectivity index (χ3n) is 12.3. The van der Waals surface area contributed by atoms with E-state index in [9.17, 15) is 20.1 Å². The number of nitrogens with one attached hydrogen (secondary N) is 2. The van der Waals surface area contributed by atoms with Crippen LogP contribution in [-0.2, 0) is 45.4 Å². The second-order valence-electron chi connectivity index (χ2n) is 17.2. The van der Waals surface area contributed by atoms with E-state index in [2.05, 4.69) is 56.8 Å². The Hall–Kier alpha value is -5.29. The molecule has 8 rings (SSSR count). The second kappa shape index (κ2) is 32.3. The first kappa shape index (κ1) is 62.3. The number of halogens is 7. The molecule has 6 aromatic rings. The van der Waals surface area contributed by atoms with E-state index in [1.807, 2.05) is 107 Å². The molecule has 0 radical (unpaired) electrons. The molecule has 2 saturated heterocycles. The zero-order valence-corrected chi connectivity index (χ0v) is 46.4. The number of piperazine rings is 2. The van der Waals surface area contributed by atoms with Crippen molar-refractivity contribution >= 4 is 107 Å². The van der Waals surface area contributed by atoms with E-state index in [0.29, 0.717) is 110 Å². The highest BCUT2D eigenvalue weighted by Crippen LogP contribution is 2.27. The minimum absolute atomic E-state index is 0. The summed E-state index contributed by atoms with van der Waals surface area (Å²) >= 11 is 24.1. The van der Waals surface area contributed by atoms with Gasteiger partial charge in [-0.3, -0.25) is 20.2 Å². The molecule has 0 bridgehead atoms. The van der Waals surface area contributed by atoms with Gasteiger partial charge in [-0.05, 0) is 70.8 Å². The molecule has 2 N–H and O–H groups in total. The number of amides is 2.